The molecule has 4 rings (SSSR count). The molecule has 2 aliphatic rings. The van der Waals surface area contributed by atoms with Crippen LogP contribution < -0.4 is 9.47 Å². The maximum atomic E-state index is 12.7. The van der Waals surface area contributed by atoms with E-state index in [1.807, 2.05) is 12.1 Å². The summed E-state index contributed by atoms with van der Waals surface area (Å²) < 4.78 is 11.8. The number of carbonyl (C=O) groups is 1. The summed E-state index contributed by atoms with van der Waals surface area (Å²) in [6.07, 6.45) is 4.37. The number of benzene rings is 2. The van der Waals surface area contributed by atoms with E-state index in [0.29, 0.717) is 40.6 Å². The monoisotopic (exact) mass is 524 g/mol. The maximum Gasteiger partial charge on any atom is 0.283 e. The summed E-state index contributed by atoms with van der Waals surface area (Å²) in [5, 5.41) is 16.2. The van der Waals surface area contributed by atoms with Gasteiger partial charge in [-0.05, 0) is 78.9 Å². The van der Waals surface area contributed by atoms with Gasteiger partial charge in [0.25, 0.3) is 5.91 Å². The number of thioether (sulfide) groups is 1. The van der Waals surface area contributed by atoms with Crippen LogP contribution in [0.25, 0.3) is 6.08 Å². The molecule has 0 spiro atoms. The van der Waals surface area contributed by atoms with Gasteiger partial charge in [0.05, 0.1) is 5.57 Å². The lowest BCUT2D eigenvalue weighted by molar-refractivity contribution is -0.114. The van der Waals surface area contributed by atoms with Crippen LogP contribution in [0.15, 0.2) is 58.1 Å². The number of nitrogens with zero attached hydrogens (tertiary/aromatic N) is 3. The number of hydrogen-bond acceptors (Lipinski definition) is 6. The predicted octanol–water partition coefficient (Wildman–Crippen LogP) is 6.73. The number of hydrazone groups is 1. The average Bonchev–Trinajstić information content (AvgIpc) is 3.28. The number of amidine groups is 2. The molecule has 36 heavy (non-hydrogen) atoms. The molecule has 0 fully saturated rings. The third kappa shape index (κ3) is 5.99. The van der Waals surface area contributed by atoms with Crippen LogP contribution >= 0.6 is 23.4 Å². The number of carbonyl (C=O) groups excluding carboxylic acids is 1. The Bertz CT molecular complexity index is 1240. The standard InChI is InChI=1S/C27H29ClN4O3S/c1-4-6-24-31-32-25(29)22(26(33)30-27(32)36-24)16-19-15-20(28)9-12-23(19)35-14-13-34-21-10-7-18(8-11-21)17(3)5-2/h7-12,15-17,29H,4-6,13-14H2,1-3H3/b22-16-,29-25?. The molecular weight excluding hydrogens is 496 g/mol. The fourth-order valence-electron chi connectivity index (χ4n) is 3.71. The molecule has 2 aromatic carbocycles. The van der Waals surface area contributed by atoms with Gasteiger partial charge in [-0.25, -0.2) is 0 Å². The summed E-state index contributed by atoms with van der Waals surface area (Å²) in [5.41, 5.74) is 2.00. The fourth-order valence-corrected chi connectivity index (χ4v) is 4.87. The first-order valence-corrected chi connectivity index (χ1v) is 13.2. The van der Waals surface area contributed by atoms with Crippen molar-refractivity contribution in [2.24, 2.45) is 10.1 Å². The minimum absolute atomic E-state index is 0.0151. The molecule has 0 radical (unpaired) electrons. The third-order valence-corrected chi connectivity index (χ3v) is 7.11. The van der Waals surface area contributed by atoms with Crippen molar-refractivity contribution in [3.05, 3.63) is 64.2 Å². The van der Waals surface area contributed by atoms with Gasteiger partial charge in [-0.1, -0.05) is 44.5 Å². The molecule has 1 unspecified atom stereocenters. The summed E-state index contributed by atoms with van der Waals surface area (Å²) in [7, 11) is 0. The van der Waals surface area contributed by atoms with Gasteiger partial charge >= 0.3 is 0 Å². The molecule has 2 aliphatic heterocycles. The number of rotatable bonds is 10. The lowest BCUT2D eigenvalue weighted by atomic mass is 9.99. The van der Waals surface area contributed by atoms with Crippen molar-refractivity contribution in [2.45, 2.75) is 46.0 Å². The lowest BCUT2D eigenvalue weighted by Gasteiger charge is -2.20. The first-order valence-electron chi connectivity index (χ1n) is 12.0. The number of aliphatic imine (C=N–C) groups is 1. The highest BCUT2D eigenvalue weighted by Gasteiger charge is 2.35. The molecule has 7 nitrogen and oxygen atoms in total. The highest BCUT2D eigenvalue weighted by atomic mass is 35.5. The van der Waals surface area contributed by atoms with E-state index in [1.165, 1.54) is 22.3 Å². The van der Waals surface area contributed by atoms with E-state index in [-0.39, 0.29) is 11.4 Å². The molecule has 1 atom stereocenters. The summed E-state index contributed by atoms with van der Waals surface area (Å²) >= 11 is 7.56. The second-order valence-electron chi connectivity index (χ2n) is 8.52. The average molecular weight is 525 g/mol. The molecule has 0 saturated heterocycles. The van der Waals surface area contributed by atoms with Gasteiger partial charge in [-0.15, -0.1) is 0 Å². The van der Waals surface area contributed by atoms with E-state index >= 15 is 0 Å². The Hall–Kier alpha value is -3.10. The molecule has 0 bridgehead atoms. The zero-order chi connectivity index (χ0) is 25.7. The third-order valence-electron chi connectivity index (χ3n) is 5.90. The number of amides is 1. The van der Waals surface area contributed by atoms with E-state index in [4.69, 9.17) is 26.5 Å². The van der Waals surface area contributed by atoms with Crippen LogP contribution in [-0.2, 0) is 4.79 Å². The topological polar surface area (TPSA) is 87.3 Å². The van der Waals surface area contributed by atoms with Crippen molar-refractivity contribution in [1.82, 2.24) is 5.01 Å². The number of fused-ring (bicyclic) bond motifs is 1. The highest BCUT2D eigenvalue weighted by Crippen LogP contribution is 2.32. The maximum absolute atomic E-state index is 12.7. The normalized spacial score (nSPS) is 17.1. The van der Waals surface area contributed by atoms with Crippen molar-refractivity contribution in [3.8, 4) is 11.5 Å². The Morgan fingerprint density at radius 2 is 1.89 bits per heavy atom. The SMILES string of the molecule is CCCC1=NN2C(=N)/C(=C/c3cc(Cl)ccc3OCCOc3ccc(C(C)CC)cc3)C(=O)N=C2S1. The van der Waals surface area contributed by atoms with Gasteiger partial charge in [-0.2, -0.15) is 15.1 Å². The molecule has 1 amide bonds. The summed E-state index contributed by atoms with van der Waals surface area (Å²) in [4.78, 5) is 16.9. The Labute approximate surface area is 220 Å². The lowest BCUT2D eigenvalue weighted by Crippen LogP contribution is -2.35. The van der Waals surface area contributed by atoms with E-state index in [2.05, 4.69) is 43.0 Å². The first-order chi connectivity index (χ1) is 17.4. The van der Waals surface area contributed by atoms with Crippen LogP contribution in [0.3, 0.4) is 0 Å². The van der Waals surface area contributed by atoms with Crippen LogP contribution in [0, 0.1) is 5.41 Å². The molecule has 188 valence electrons. The van der Waals surface area contributed by atoms with Crippen molar-refractivity contribution in [3.63, 3.8) is 0 Å². The van der Waals surface area contributed by atoms with Crippen molar-refractivity contribution in [2.75, 3.05) is 13.2 Å². The summed E-state index contributed by atoms with van der Waals surface area (Å²) in [5.74, 6) is 1.33. The molecule has 0 saturated carbocycles. The van der Waals surface area contributed by atoms with Crippen LogP contribution in [0.2, 0.25) is 5.02 Å². The smallest absolute Gasteiger partial charge is 0.283 e. The molecule has 0 aromatic heterocycles. The predicted molar refractivity (Wildman–Crippen MR) is 148 cm³/mol. The molecule has 9 heteroatoms. The van der Waals surface area contributed by atoms with Gasteiger partial charge < -0.3 is 9.47 Å². The van der Waals surface area contributed by atoms with E-state index in [1.54, 1.807) is 24.3 Å². The molecule has 0 aliphatic carbocycles. The van der Waals surface area contributed by atoms with Gasteiger partial charge in [0.1, 0.15) is 29.8 Å². The number of ether oxygens (including phenoxy) is 2. The van der Waals surface area contributed by atoms with Crippen LogP contribution in [0.4, 0.5) is 0 Å². The number of halogens is 1. The highest BCUT2D eigenvalue weighted by molar-refractivity contribution is 8.26. The molecule has 1 N–H and O–H groups in total. The quantitative estimate of drug-likeness (QED) is 0.275. The van der Waals surface area contributed by atoms with Crippen LogP contribution in [0.1, 0.15) is 57.1 Å². The van der Waals surface area contributed by atoms with Crippen molar-refractivity contribution >= 4 is 51.4 Å². The van der Waals surface area contributed by atoms with E-state index in [0.717, 1.165) is 30.1 Å². The Morgan fingerprint density at radius 3 is 2.61 bits per heavy atom. The van der Waals surface area contributed by atoms with Gasteiger partial charge in [0.15, 0.2) is 5.84 Å². The first kappa shape index (κ1) is 26.0. The second-order valence-corrected chi connectivity index (χ2v) is 10.00. The number of hydrogen-bond donors (Lipinski definition) is 1. The van der Waals surface area contributed by atoms with Gasteiger partial charge in [0.2, 0.25) is 5.17 Å². The fraction of sp³-hybridized carbons (Fsp3) is 0.333. The van der Waals surface area contributed by atoms with Crippen molar-refractivity contribution < 1.29 is 14.3 Å². The molecule has 2 heterocycles. The summed E-state index contributed by atoms with van der Waals surface area (Å²) in [6.45, 7) is 7.08. The Kier molecular flexibility index (Phi) is 8.48. The minimum atomic E-state index is -0.484. The minimum Gasteiger partial charge on any atom is -0.490 e. The number of nitrogens with one attached hydrogen (secondary N) is 1. The second kappa shape index (κ2) is 11.8. The molecular formula is C27H29ClN4O3S. The largest absolute Gasteiger partial charge is 0.490 e. The van der Waals surface area contributed by atoms with Crippen molar-refractivity contribution in [1.29, 1.82) is 5.41 Å². The Morgan fingerprint density at radius 1 is 1.14 bits per heavy atom. The summed E-state index contributed by atoms with van der Waals surface area (Å²) in [6, 6.07) is 13.3. The van der Waals surface area contributed by atoms with Crippen LogP contribution in [-0.4, -0.2) is 40.2 Å². The zero-order valence-electron chi connectivity index (χ0n) is 20.6. The Balaban J connectivity index is 1.44. The van der Waals surface area contributed by atoms with Gasteiger partial charge in [-0.3, -0.25) is 10.2 Å². The van der Waals surface area contributed by atoms with Crippen LogP contribution in [0.5, 0.6) is 11.5 Å². The zero-order valence-corrected chi connectivity index (χ0v) is 22.2. The molecule has 2 aromatic rings. The van der Waals surface area contributed by atoms with Gasteiger partial charge in [0, 0.05) is 10.6 Å². The van der Waals surface area contributed by atoms with E-state index in [9.17, 15) is 4.79 Å². The van der Waals surface area contributed by atoms with E-state index < -0.39 is 5.91 Å².